The first kappa shape index (κ1) is 43.3. The number of pyridine rings is 1. The largest absolute Gasteiger partial charge is 0.494 e. The van der Waals surface area contributed by atoms with E-state index in [0.717, 1.165) is 0 Å². The zero-order chi connectivity index (χ0) is 42.6. The maximum Gasteiger partial charge on any atom is 0.254 e. The van der Waals surface area contributed by atoms with Gasteiger partial charge in [-0.05, 0) is 81.8 Å². The fraction of sp³-hybridized carbons (Fsp3) is 0.500. The van der Waals surface area contributed by atoms with Gasteiger partial charge < -0.3 is 14.8 Å². The summed E-state index contributed by atoms with van der Waals surface area (Å²) in [5.74, 6) is -2.04. The third kappa shape index (κ3) is 9.13. The van der Waals surface area contributed by atoms with Crippen molar-refractivity contribution in [2.45, 2.75) is 107 Å². The van der Waals surface area contributed by atoms with Gasteiger partial charge in [-0.15, -0.1) is 6.58 Å². The van der Waals surface area contributed by atoms with E-state index in [-0.39, 0.29) is 30.2 Å². The van der Waals surface area contributed by atoms with E-state index in [4.69, 9.17) is 21.1 Å². The van der Waals surface area contributed by atoms with Crippen LogP contribution in [-0.2, 0) is 34.4 Å². The maximum atomic E-state index is 14.4. The molecule has 6 rings (SSSR count). The highest BCUT2D eigenvalue weighted by Crippen LogP contribution is 2.53. The normalized spacial score (nSPS) is 23.1. The Labute approximate surface area is 344 Å². The number of halogens is 1. The predicted molar refractivity (Wildman–Crippen MR) is 220 cm³/mol. The van der Waals surface area contributed by atoms with E-state index in [9.17, 15) is 31.2 Å². The molecular weight excluding hydrogens is 808 g/mol. The first-order valence-electron chi connectivity index (χ1n) is 19.0. The minimum atomic E-state index is -3.95. The Hall–Kier alpha value is -4.29. The van der Waals surface area contributed by atoms with Crippen molar-refractivity contribution < 1.29 is 40.7 Å². The second-order valence-electron chi connectivity index (χ2n) is 17.3. The fourth-order valence-electron chi connectivity index (χ4n) is 7.44. The molecule has 3 amide bonds. The van der Waals surface area contributed by atoms with E-state index < -0.39 is 83.6 Å². The van der Waals surface area contributed by atoms with Crippen molar-refractivity contribution >= 4 is 65.8 Å². The molecule has 2 heterocycles. The summed E-state index contributed by atoms with van der Waals surface area (Å²) in [6, 6.07) is 8.98. The Morgan fingerprint density at radius 3 is 2.34 bits per heavy atom. The second-order valence-corrected chi connectivity index (χ2v) is 21.4. The van der Waals surface area contributed by atoms with Crippen LogP contribution in [-0.4, -0.2) is 92.6 Å². The molecule has 58 heavy (non-hydrogen) atoms. The average molecular weight is 859 g/mol. The Morgan fingerprint density at radius 1 is 1.03 bits per heavy atom. The molecular formula is C40H51ClN6O9S2. The number of aromatic nitrogens is 1. The van der Waals surface area contributed by atoms with Crippen LogP contribution in [0.1, 0.15) is 67.2 Å². The predicted octanol–water partition coefficient (Wildman–Crippen LogP) is 4.52. The summed E-state index contributed by atoms with van der Waals surface area (Å²) >= 11 is 6.36. The quantitative estimate of drug-likeness (QED) is 0.166. The van der Waals surface area contributed by atoms with Crippen LogP contribution in [0.25, 0.3) is 10.8 Å². The Morgan fingerprint density at radius 2 is 1.74 bits per heavy atom. The number of sulfonamides is 2. The summed E-state index contributed by atoms with van der Waals surface area (Å²) in [5.41, 5.74) is -2.68. The number of hydrogen-bond donors (Lipinski definition) is 4. The van der Waals surface area contributed by atoms with Gasteiger partial charge >= 0.3 is 0 Å². The molecule has 3 aromatic rings. The number of carbonyl (C=O) groups is 3. The zero-order valence-electron chi connectivity index (χ0n) is 33.6. The van der Waals surface area contributed by atoms with E-state index in [2.05, 4.69) is 31.6 Å². The van der Waals surface area contributed by atoms with Crippen LogP contribution in [0.5, 0.6) is 11.6 Å². The molecule has 1 saturated heterocycles. The molecule has 2 aromatic carbocycles. The minimum Gasteiger partial charge on any atom is -0.494 e. The van der Waals surface area contributed by atoms with Gasteiger partial charge in [0.25, 0.3) is 5.91 Å². The lowest BCUT2D eigenvalue weighted by Gasteiger charge is -2.34. The second kappa shape index (κ2) is 15.7. The molecule has 2 aliphatic carbocycles. The van der Waals surface area contributed by atoms with Gasteiger partial charge in [0.1, 0.15) is 23.4 Å². The summed E-state index contributed by atoms with van der Waals surface area (Å²) in [6.45, 7) is 14.4. The van der Waals surface area contributed by atoms with Gasteiger partial charge in [-0.2, -0.15) is 0 Å². The van der Waals surface area contributed by atoms with Gasteiger partial charge in [0, 0.05) is 45.9 Å². The molecule has 5 atom stereocenters. The molecule has 1 aliphatic heterocycles. The summed E-state index contributed by atoms with van der Waals surface area (Å²) < 4.78 is 69.1. The molecule has 18 heteroatoms. The molecule has 0 bridgehead atoms. The highest BCUT2D eigenvalue weighted by Gasteiger charge is 2.67. The van der Waals surface area contributed by atoms with Gasteiger partial charge in [0.2, 0.25) is 37.7 Å². The number of nitrogens with zero attached hydrogens (tertiary/aromatic N) is 2. The summed E-state index contributed by atoms with van der Waals surface area (Å²) in [5, 5.41) is 6.65. The summed E-state index contributed by atoms with van der Waals surface area (Å²) in [6.07, 6.45) is 3.36. The van der Waals surface area contributed by atoms with Gasteiger partial charge in [-0.3, -0.25) is 29.3 Å². The maximum absolute atomic E-state index is 14.4. The molecule has 3 fully saturated rings. The number of carbonyl (C=O) groups excluding carboxylic acids is 3. The van der Waals surface area contributed by atoms with E-state index in [0.29, 0.717) is 40.1 Å². The molecule has 0 spiro atoms. The van der Waals surface area contributed by atoms with Gasteiger partial charge in [0.05, 0.1) is 29.5 Å². The van der Waals surface area contributed by atoms with Crippen LogP contribution < -0.4 is 29.6 Å². The van der Waals surface area contributed by atoms with Crippen molar-refractivity contribution in [3.05, 3.63) is 66.3 Å². The third-order valence-corrected chi connectivity index (χ3v) is 14.3. The van der Waals surface area contributed by atoms with E-state index >= 15 is 0 Å². The van der Waals surface area contributed by atoms with E-state index in [1.807, 2.05) is 0 Å². The van der Waals surface area contributed by atoms with Crippen LogP contribution in [0.3, 0.4) is 0 Å². The number of benzene rings is 2. The first-order chi connectivity index (χ1) is 27.0. The first-order valence-corrected chi connectivity index (χ1v) is 22.4. The van der Waals surface area contributed by atoms with Gasteiger partial charge in [-0.1, -0.05) is 44.5 Å². The number of hydrogen-bond acceptors (Lipinski definition) is 12. The van der Waals surface area contributed by atoms with Crippen molar-refractivity contribution in [2.24, 2.45) is 11.3 Å². The Bertz CT molecular complexity index is 2360. The molecule has 1 aromatic heterocycles. The lowest BCUT2D eigenvalue weighted by Crippen LogP contribution is -2.59. The molecule has 15 nitrogen and oxygen atoms in total. The molecule has 3 aliphatic rings. The van der Waals surface area contributed by atoms with Crippen LogP contribution in [0.4, 0.5) is 5.69 Å². The van der Waals surface area contributed by atoms with Crippen LogP contribution in [0.2, 0.25) is 5.02 Å². The number of fused-ring (bicyclic) bond motifs is 1. The minimum absolute atomic E-state index is 0.00254. The van der Waals surface area contributed by atoms with Crippen molar-refractivity contribution in [1.29, 1.82) is 0 Å². The SMILES string of the molecule is C=C[C@@H]1C[C@@]1(C(=O)NS(=O)(=O)C1CC1)N1C[C@H](Oc2ncc(OC)c3ccc(Cl)cc23)C[C@H]1C(=O)NC(=O)[C@@H](Nc1cccc(S(=O)(=O)NC(C)(C)C)c1)C(C)(C)C. The number of likely N-dealkylation sites (tertiary alicyclic amines) is 1. The number of rotatable bonds is 14. The fourth-order valence-corrected chi connectivity index (χ4v) is 10.4. The van der Waals surface area contributed by atoms with E-state index in [1.54, 1.807) is 82.9 Å². The Kier molecular flexibility index (Phi) is 11.7. The Balaban J connectivity index is 1.30. The van der Waals surface area contributed by atoms with E-state index in [1.165, 1.54) is 25.4 Å². The third-order valence-electron chi connectivity index (χ3n) is 10.5. The number of imide groups is 1. The molecule has 2 saturated carbocycles. The molecule has 0 unspecified atom stereocenters. The molecule has 0 radical (unpaired) electrons. The van der Waals surface area contributed by atoms with Gasteiger partial charge in [0.15, 0.2) is 0 Å². The average Bonchev–Trinajstić information content (AvgIpc) is 4.06. The number of nitrogens with one attached hydrogen (secondary N) is 4. The van der Waals surface area contributed by atoms with Crippen LogP contribution in [0.15, 0.2) is 66.2 Å². The lowest BCUT2D eigenvalue weighted by molar-refractivity contribution is -0.136. The van der Waals surface area contributed by atoms with Crippen molar-refractivity contribution in [3.63, 3.8) is 0 Å². The van der Waals surface area contributed by atoms with Gasteiger partial charge in [-0.25, -0.2) is 26.5 Å². The van der Waals surface area contributed by atoms with Crippen LogP contribution >= 0.6 is 11.6 Å². The summed E-state index contributed by atoms with van der Waals surface area (Å²) in [7, 11) is -6.35. The zero-order valence-corrected chi connectivity index (χ0v) is 36.0. The lowest BCUT2D eigenvalue weighted by atomic mass is 9.85. The molecule has 4 N–H and O–H groups in total. The van der Waals surface area contributed by atoms with Crippen molar-refractivity contribution in [2.75, 3.05) is 19.0 Å². The number of amides is 3. The summed E-state index contributed by atoms with van der Waals surface area (Å²) in [4.78, 5) is 48.7. The highest BCUT2D eigenvalue weighted by molar-refractivity contribution is 7.91. The highest BCUT2D eigenvalue weighted by atomic mass is 35.5. The molecule has 314 valence electrons. The topological polar surface area (TPSA) is 202 Å². The van der Waals surface area contributed by atoms with Crippen molar-refractivity contribution in [1.82, 2.24) is 24.6 Å². The van der Waals surface area contributed by atoms with Crippen molar-refractivity contribution in [3.8, 4) is 11.6 Å². The number of methoxy groups -OCH3 is 1. The smallest absolute Gasteiger partial charge is 0.254 e. The number of anilines is 1. The monoisotopic (exact) mass is 858 g/mol. The van der Waals surface area contributed by atoms with Crippen LogP contribution in [0, 0.1) is 11.3 Å². The standard InChI is InChI=1S/C40H51ClN6O9S2/c1-9-23-20-40(23,37(50)45-57(51,52)27-14-15-27)47-22-26(56-36-30-17-24(41)13-16-29(30)32(55-8)21-42-36)19-31(47)34(48)44-35(49)33(38(2,3)4)43-25-11-10-12-28(18-25)58(53,54)46-39(5,6)7/h9-13,16-18,21,23,26-27,31,33,43,46H,1,14-15,19-20,22H2,2-8H3,(H,45,50)(H,44,48,49)/t23-,26-,31+,33-,40-/m1/s1. The number of ether oxygens (including phenoxy) is 2.